The van der Waals surface area contributed by atoms with E-state index in [2.05, 4.69) is 27.7 Å². The lowest BCUT2D eigenvalue weighted by Gasteiger charge is -2.08. The van der Waals surface area contributed by atoms with E-state index in [1.165, 1.54) is 0 Å². The van der Waals surface area contributed by atoms with Gasteiger partial charge in [-0.1, -0.05) is 27.7 Å². The number of hydrogen-bond acceptors (Lipinski definition) is 2. The average molecular weight is 157 g/mol. The minimum atomic E-state index is -0.319. The van der Waals surface area contributed by atoms with Crippen molar-refractivity contribution in [2.45, 2.75) is 33.8 Å². The molecule has 1 atom stereocenters. The molecule has 0 aromatic rings. The van der Waals surface area contributed by atoms with Crippen molar-refractivity contribution in [2.75, 3.05) is 6.54 Å². The smallest absolute Gasteiger partial charge is 0.0701 e. The quantitative estimate of drug-likeness (QED) is 0.628. The molecular formula is C9H19NO. The predicted molar refractivity (Wildman–Crippen MR) is 46.1 cm³/mol. The second kappa shape index (κ2) is 2.20. The molecule has 2 nitrogen and oxygen atoms in total. The van der Waals surface area contributed by atoms with E-state index in [4.69, 9.17) is 5.73 Å². The summed E-state index contributed by atoms with van der Waals surface area (Å²) in [5, 5.41) is 9.54. The molecular weight excluding hydrogens is 138 g/mol. The molecule has 0 aromatic carbocycles. The number of nitrogens with two attached hydrogens (primary N) is 1. The van der Waals surface area contributed by atoms with Crippen molar-refractivity contribution >= 4 is 0 Å². The Kier molecular flexibility index (Phi) is 1.81. The van der Waals surface area contributed by atoms with Crippen LogP contribution >= 0.6 is 0 Å². The van der Waals surface area contributed by atoms with Gasteiger partial charge < -0.3 is 10.8 Å². The van der Waals surface area contributed by atoms with Crippen LogP contribution in [0.2, 0.25) is 0 Å². The van der Waals surface area contributed by atoms with Crippen molar-refractivity contribution in [3.63, 3.8) is 0 Å². The number of aliphatic hydroxyl groups is 1. The van der Waals surface area contributed by atoms with Crippen LogP contribution in [0, 0.1) is 16.7 Å². The maximum atomic E-state index is 9.54. The van der Waals surface area contributed by atoms with Gasteiger partial charge in [0.05, 0.1) is 6.10 Å². The molecule has 66 valence electrons. The van der Waals surface area contributed by atoms with E-state index < -0.39 is 0 Å². The highest BCUT2D eigenvalue weighted by molar-refractivity contribution is 5.14. The fraction of sp³-hybridized carbons (Fsp3) is 1.00. The number of aliphatic hydroxyl groups excluding tert-OH is 1. The Hall–Kier alpha value is -0.0800. The highest BCUT2D eigenvalue weighted by Gasteiger charge is 2.66. The molecule has 0 amide bonds. The Balaban J connectivity index is 2.67. The molecule has 2 heteroatoms. The summed E-state index contributed by atoms with van der Waals surface area (Å²) in [7, 11) is 0. The van der Waals surface area contributed by atoms with Crippen LogP contribution < -0.4 is 5.73 Å². The average Bonchev–Trinajstić information content (AvgIpc) is 2.24. The summed E-state index contributed by atoms with van der Waals surface area (Å²) < 4.78 is 0. The molecule has 1 aliphatic rings. The summed E-state index contributed by atoms with van der Waals surface area (Å²) in [6.45, 7) is 9.15. The molecule has 0 spiro atoms. The Bertz CT molecular complexity index is 149. The molecule has 0 unspecified atom stereocenters. The van der Waals surface area contributed by atoms with Gasteiger partial charge in [0.2, 0.25) is 0 Å². The van der Waals surface area contributed by atoms with Crippen molar-refractivity contribution in [1.29, 1.82) is 0 Å². The van der Waals surface area contributed by atoms with Crippen LogP contribution in [-0.2, 0) is 0 Å². The molecule has 11 heavy (non-hydrogen) atoms. The predicted octanol–water partition coefficient (Wildman–Crippen LogP) is 0.988. The van der Waals surface area contributed by atoms with Gasteiger partial charge in [-0.3, -0.25) is 0 Å². The highest BCUT2D eigenvalue weighted by atomic mass is 16.3. The normalized spacial score (nSPS) is 30.0. The van der Waals surface area contributed by atoms with E-state index in [0.29, 0.717) is 12.5 Å². The fourth-order valence-corrected chi connectivity index (χ4v) is 2.35. The van der Waals surface area contributed by atoms with E-state index >= 15 is 0 Å². The molecule has 0 radical (unpaired) electrons. The molecule has 0 heterocycles. The van der Waals surface area contributed by atoms with Crippen LogP contribution in [0.3, 0.4) is 0 Å². The monoisotopic (exact) mass is 157 g/mol. The van der Waals surface area contributed by atoms with E-state index in [0.717, 1.165) is 0 Å². The van der Waals surface area contributed by atoms with Gasteiger partial charge in [-0.15, -0.1) is 0 Å². The van der Waals surface area contributed by atoms with Crippen molar-refractivity contribution in [3.8, 4) is 0 Å². The third-order valence-corrected chi connectivity index (χ3v) is 3.76. The van der Waals surface area contributed by atoms with E-state index in [9.17, 15) is 5.11 Å². The second-order valence-corrected chi connectivity index (χ2v) is 4.72. The van der Waals surface area contributed by atoms with Crippen LogP contribution in [0.25, 0.3) is 0 Å². The third kappa shape index (κ3) is 1.00. The lowest BCUT2D eigenvalue weighted by atomic mass is 10.0. The van der Waals surface area contributed by atoms with Crippen LogP contribution in [0.15, 0.2) is 0 Å². The second-order valence-electron chi connectivity index (χ2n) is 4.72. The van der Waals surface area contributed by atoms with Gasteiger partial charge in [0.15, 0.2) is 0 Å². The molecule has 1 rings (SSSR count). The summed E-state index contributed by atoms with van der Waals surface area (Å²) in [5.74, 6) is 0.375. The first-order valence-electron chi connectivity index (χ1n) is 4.24. The van der Waals surface area contributed by atoms with Crippen LogP contribution in [-0.4, -0.2) is 17.8 Å². The van der Waals surface area contributed by atoms with Crippen LogP contribution in [0.5, 0.6) is 0 Å². The minimum Gasteiger partial charge on any atom is -0.391 e. The van der Waals surface area contributed by atoms with Crippen molar-refractivity contribution in [1.82, 2.24) is 0 Å². The lowest BCUT2D eigenvalue weighted by Crippen LogP contribution is -2.24. The first-order chi connectivity index (χ1) is 4.85. The van der Waals surface area contributed by atoms with Gasteiger partial charge in [-0.25, -0.2) is 0 Å². The zero-order chi connectivity index (χ0) is 8.86. The summed E-state index contributed by atoms with van der Waals surface area (Å²) in [6.07, 6.45) is -0.319. The van der Waals surface area contributed by atoms with Crippen molar-refractivity contribution in [3.05, 3.63) is 0 Å². The molecule has 0 aromatic heterocycles. The van der Waals surface area contributed by atoms with Crippen LogP contribution in [0.4, 0.5) is 0 Å². The highest BCUT2D eigenvalue weighted by Crippen LogP contribution is 2.69. The van der Waals surface area contributed by atoms with Gasteiger partial charge in [-0.05, 0) is 16.7 Å². The topological polar surface area (TPSA) is 46.2 Å². The standard InChI is InChI=1S/C9H19NO/c1-8(2)7(6(11)5-10)9(8,3)4/h6-7,11H,5,10H2,1-4H3/t6-/m1/s1. The van der Waals surface area contributed by atoms with Gasteiger partial charge in [0.25, 0.3) is 0 Å². The molecule has 1 fully saturated rings. The molecule has 1 saturated carbocycles. The first-order valence-corrected chi connectivity index (χ1v) is 4.24. The van der Waals surface area contributed by atoms with Crippen molar-refractivity contribution in [2.24, 2.45) is 22.5 Å². The Morgan fingerprint density at radius 2 is 1.64 bits per heavy atom. The molecule has 0 saturated heterocycles. The Morgan fingerprint density at radius 1 is 1.27 bits per heavy atom. The first kappa shape index (κ1) is 9.01. The Morgan fingerprint density at radius 3 is 1.73 bits per heavy atom. The molecule has 3 N–H and O–H groups in total. The largest absolute Gasteiger partial charge is 0.391 e. The summed E-state index contributed by atoms with van der Waals surface area (Å²) in [6, 6.07) is 0. The summed E-state index contributed by atoms with van der Waals surface area (Å²) in [4.78, 5) is 0. The maximum absolute atomic E-state index is 9.54. The van der Waals surface area contributed by atoms with E-state index in [1.54, 1.807) is 0 Å². The van der Waals surface area contributed by atoms with Gasteiger partial charge in [0, 0.05) is 6.54 Å². The molecule has 0 aliphatic heterocycles. The van der Waals surface area contributed by atoms with E-state index in [1.807, 2.05) is 0 Å². The van der Waals surface area contributed by atoms with Gasteiger partial charge in [-0.2, -0.15) is 0 Å². The van der Waals surface area contributed by atoms with Gasteiger partial charge >= 0.3 is 0 Å². The molecule has 0 bridgehead atoms. The Labute approximate surface area is 68.8 Å². The third-order valence-electron chi connectivity index (χ3n) is 3.76. The van der Waals surface area contributed by atoms with Gasteiger partial charge in [0.1, 0.15) is 0 Å². The van der Waals surface area contributed by atoms with Crippen molar-refractivity contribution < 1.29 is 5.11 Å². The van der Waals surface area contributed by atoms with Crippen LogP contribution in [0.1, 0.15) is 27.7 Å². The zero-order valence-corrected chi connectivity index (χ0v) is 7.89. The number of hydrogen-bond donors (Lipinski definition) is 2. The number of rotatable bonds is 2. The minimum absolute atomic E-state index is 0.256. The summed E-state index contributed by atoms with van der Waals surface area (Å²) >= 11 is 0. The van der Waals surface area contributed by atoms with E-state index in [-0.39, 0.29) is 16.9 Å². The fourth-order valence-electron chi connectivity index (χ4n) is 2.35. The molecule has 1 aliphatic carbocycles. The maximum Gasteiger partial charge on any atom is 0.0701 e. The summed E-state index contributed by atoms with van der Waals surface area (Å²) in [5.41, 5.74) is 5.92. The lowest BCUT2D eigenvalue weighted by molar-refractivity contribution is 0.137. The SMILES string of the molecule is CC1(C)C([C@H](O)CN)C1(C)C. The zero-order valence-electron chi connectivity index (χ0n) is 7.89.